The Morgan fingerprint density at radius 1 is 1.33 bits per heavy atom. The fourth-order valence-corrected chi connectivity index (χ4v) is 2.76. The topological polar surface area (TPSA) is 29.5 Å². The van der Waals surface area contributed by atoms with E-state index in [9.17, 15) is 4.79 Å². The van der Waals surface area contributed by atoms with Gasteiger partial charge in [-0.1, -0.05) is 40.2 Å². The van der Waals surface area contributed by atoms with Crippen molar-refractivity contribution in [2.75, 3.05) is 14.1 Å². The molecule has 0 unspecified atom stereocenters. The number of rotatable bonds is 5. The Morgan fingerprint density at radius 2 is 1.90 bits per heavy atom. The Labute approximate surface area is 136 Å². The minimum Gasteiger partial charge on any atom is -0.459 e. The number of carbonyl (C=O) groups excluding carboxylic acids is 1. The fourth-order valence-electron chi connectivity index (χ4n) is 2.21. The molecule has 116 valence electrons. The van der Waals surface area contributed by atoms with Crippen LogP contribution in [0.25, 0.3) is 0 Å². The summed E-state index contributed by atoms with van der Waals surface area (Å²) in [5.41, 5.74) is 0.516. The molecule has 0 radical (unpaired) electrons. The summed E-state index contributed by atoms with van der Waals surface area (Å²) in [5, 5.41) is 0. The predicted octanol–water partition coefficient (Wildman–Crippen LogP) is 3.99. The molecule has 1 aromatic rings. The third kappa shape index (κ3) is 4.97. The van der Waals surface area contributed by atoms with Crippen LogP contribution in [0.15, 0.2) is 41.4 Å². The zero-order valence-electron chi connectivity index (χ0n) is 13.4. The minimum atomic E-state index is -0.509. The van der Waals surface area contributed by atoms with Crippen molar-refractivity contribution in [1.29, 1.82) is 0 Å². The Kier molecular flexibility index (Phi) is 6.17. The first kappa shape index (κ1) is 17.9. The average Bonchev–Trinajstić information content (AvgIpc) is 2.34. The molecular weight excluding hydrogens is 330 g/mol. The lowest BCUT2D eigenvalue weighted by Gasteiger charge is -2.32. The molecule has 0 aliphatic heterocycles. The van der Waals surface area contributed by atoms with E-state index < -0.39 is 11.6 Å². The zero-order chi connectivity index (χ0) is 16.2. The summed E-state index contributed by atoms with van der Waals surface area (Å²) in [6, 6.07) is 7.45. The van der Waals surface area contributed by atoms with Crippen molar-refractivity contribution >= 4 is 21.9 Å². The predicted molar refractivity (Wildman–Crippen MR) is 90.4 cm³/mol. The molecule has 0 aliphatic carbocycles. The normalized spacial score (nSPS) is 14.6. The van der Waals surface area contributed by atoms with E-state index in [-0.39, 0.29) is 11.9 Å². The molecule has 0 heterocycles. The van der Waals surface area contributed by atoms with Gasteiger partial charge >= 0.3 is 5.97 Å². The first-order valence-corrected chi connectivity index (χ1v) is 7.73. The Bertz CT molecular complexity index is 506. The number of carbonyl (C=O) groups is 1. The van der Waals surface area contributed by atoms with E-state index in [1.54, 1.807) is 6.08 Å². The van der Waals surface area contributed by atoms with Crippen molar-refractivity contribution in [3.05, 3.63) is 47.0 Å². The third-order valence-corrected chi connectivity index (χ3v) is 3.79. The van der Waals surface area contributed by atoms with Crippen LogP contribution in [-0.2, 0) is 9.53 Å². The van der Waals surface area contributed by atoms with E-state index in [1.165, 1.54) is 0 Å². The minimum absolute atomic E-state index is 0.148. The molecule has 0 N–H and O–H groups in total. The van der Waals surface area contributed by atoms with Gasteiger partial charge in [-0.2, -0.15) is 0 Å². The van der Waals surface area contributed by atoms with Crippen LogP contribution in [0, 0.1) is 0 Å². The van der Waals surface area contributed by atoms with Gasteiger partial charge in [0.1, 0.15) is 11.6 Å². The second-order valence-corrected chi connectivity index (χ2v) is 7.08. The average molecular weight is 354 g/mol. The van der Waals surface area contributed by atoms with E-state index in [2.05, 4.69) is 22.5 Å². The maximum atomic E-state index is 12.6. The van der Waals surface area contributed by atoms with Crippen LogP contribution < -0.4 is 0 Å². The summed E-state index contributed by atoms with van der Waals surface area (Å²) < 4.78 is 6.52. The molecule has 2 atom stereocenters. The highest BCUT2D eigenvalue weighted by Crippen LogP contribution is 2.31. The van der Waals surface area contributed by atoms with Crippen LogP contribution in [-0.4, -0.2) is 36.6 Å². The molecule has 21 heavy (non-hydrogen) atoms. The first-order valence-electron chi connectivity index (χ1n) is 6.93. The van der Waals surface area contributed by atoms with Crippen molar-refractivity contribution in [3.8, 4) is 0 Å². The van der Waals surface area contributed by atoms with E-state index in [4.69, 9.17) is 4.74 Å². The smallest absolute Gasteiger partial charge is 0.324 e. The molecule has 0 aliphatic rings. The summed E-state index contributed by atoms with van der Waals surface area (Å²) in [5.74, 6) is -0.390. The fraction of sp³-hybridized carbons (Fsp3) is 0.471. The number of hydrogen-bond acceptors (Lipinski definition) is 3. The molecule has 0 saturated carbocycles. The van der Waals surface area contributed by atoms with Gasteiger partial charge in [0.15, 0.2) is 0 Å². The molecule has 0 fully saturated rings. The van der Waals surface area contributed by atoms with Crippen molar-refractivity contribution in [2.24, 2.45) is 0 Å². The van der Waals surface area contributed by atoms with Crippen molar-refractivity contribution in [3.63, 3.8) is 0 Å². The van der Waals surface area contributed by atoms with Gasteiger partial charge in [-0.05, 0) is 46.5 Å². The number of esters is 1. The molecular formula is C17H24BrNO2. The summed E-state index contributed by atoms with van der Waals surface area (Å²) in [6.45, 7) is 9.53. The molecule has 3 nitrogen and oxygen atoms in total. The van der Waals surface area contributed by atoms with E-state index in [1.807, 2.05) is 64.0 Å². The lowest BCUT2D eigenvalue weighted by atomic mass is 9.90. The monoisotopic (exact) mass is 353 g/mol. The Balaban J connectivity index is 3.16. The lowest BCUT2D eigenvalue weighted by molar-refractivity contribution is -0.160. The van der Waals surface area contributed by atoms with Gasteiger partial charge in [-0.25, -0.2) is 0 Å². The standard InChI is InChI=1S/C17H24BrNO2/c1-7-12(13-10-8-9-11-14(13)18)15(19(5)6)16(20)21-17(2,3)4/h7-12,15H,1H2,2-6H3/t12-,15-/m0/s1. The lowest BCUT2D eigenvalue weighted by Crippen LogP contribution is -2.44. The highest BCUT2D eigenvalue weighted by Gasteiger charge is 2.34. The van der Waals surface area contributed by atoms with E-state index in [0.29, 0.717) is 0 Å². The largest absolute Gasteiger partial charge is 0.459 e. The maximum Gasteiger partial charge on any atom is 0.324 e. The van der Waals surface area contributed by atoms with Crippen molar-refractivity contribution in [1.82, 2.24) is 4.90 Å². The number of benzene rings is 1. The summed E-state index contributed by atoms with van der Waals surface area (Å²) >= 11 is 3.55. The molecule has 1 rings (SSSR count). The van der Waals surface area contributed by atoms with Gasteiger partial charge in [-0.15, -0.1) is 6.58 Å². The number of hydrogen-bond donors (Lipinski definition) is 0. The summed E-state index contributed by atoms with van der Waals surface area (Å²) in [7, 11) is 3.75. The highest BCUT2D eigenvalue weighted by atomic mass is 79.9. The second-order valence-electron chi connectivity index (χ2n) is 6.22. The van der Waals surface area contributed by atoms with E-state index in [0.717, 1.165) is 10.0 Å². The molecule has 0 aromatic heterocycles. The van der Waals surface area contributed by atoms with Crippen LogP contribution in [0.3, 0.4) is 0 Å². The number of likely N-dealkylation sites (N-methyl/N-ethyl adjacent to an activating group) is 1. The SMILES string of the molecule is C=C[C@@H](c1ccccc1Br)[C@@H](C(=O)OC(C)(C)C)N(C)C. The molecule has 0 amide bonds. The van der Waals surface area contributed by atoms with Gasteiger partial charge < -0.3 is 4.74 Å². The summed E-state index contributed by atoms with van der Waals surface area (Å²) in [6.07, 6.45) is 1.80. The Morgan fingerprint density at radius 3 is 2.33 bits per heavy atom. The van der Waals surface area contributed by atoms with Gasteiger partial charge in [0.2, 0.25) is 0 Å². The molecule has 1 aromatic carbocycles. The van der Waals surface area contributed by atoms with Gasteiger partial charge in [0, 0.05) is 10.4 Å². The number of nitrogens with zero attached hydrogens (tertiary/aromatic N) is 1. The van der Waals surface area contributed by atoms with E-state index >= 15 is 0 Å². The Hall–Kier alpha value is -1.13. The first-order chi connectivity index (χ1) is 9.67. The van der Waals surface area contributed by atoms with Crippen molar-refractivity contribution in [2.45, 2.75) is 38.3 Å². The van der Waals surface area contributed by atoms with Crippen LogP contribution in [0.2, 0.25) is 0 Å². The quantitative estimate of drug-likeness (QED) is 0.592. The molecule has 0 spiro atoms. The van der Waals surface area contributed by atoms with Gasteiger partial charge in [0.25, 0.3) is 0 Å². The third-order valence-electron chi connectivity index (χ3n) is 3.06. The van der Waals surface area contributed by atoms with Gasteiger partial charge in [0.05, 0.1) is 0 Å². The number of ether oxygens (including phenoxy) is 1. The number of halogens is 1. The molecule has 0 bridgehead atoms. The van der Waals surface area contributed by atoms with Crippen LogP contribution in [0.4, 0.5) is 0 Å². The van der Waals surface area contributed by atoms with Crippen LogP contribution in [0.1, 0.15) is 32.3 Å². The van der Waals surface area contributed by atoms with Gasteiger partial charge in [-0.3, -0.25) is 9.69 Å². The zero-order valence-corrected chi connectivity index (χ0v) is 15.0. The van der Waals surface area contributed by atoms with Crippen molar-refractivity contribution < 1.29 is 9.53 Å². The maximum absolute atomic E-state index is 12.6. The molecule has 0 saturated heterocycles. The summed E-state index contributed by atoms with van der Waals surface area (Å²) in [4.78, 5) is 14.4. The highest BCUT2D eigenvalue weighted by molar-refractivity contribution is 9.10. The molecule has 4 heteroatoms. The van der Waals surface area contributed by atoms with Crippen LogP contribution >= 0.6 is 15.9 Å². The second kappa shape index (κ2) is 7.23. The van der Waals surface area contributed by atoms with Crippen LogP contribution in [0.5, 0.6) is 0 Å².